The molecule has 6 rings (SSSR count). The number of carbonyl (C=O) groups excluding carboxylic acids is 1. The van der Waals surface area contributed by atoms with E-state index < -0.39 is 68.0 Å². The number of aromatic hydroxyl groups is 1. The zero-order chi connectivity index (χ0) is 33.2. The molecule has 1 aliphatic carbocycles. The van der Waals surface area contributed by atoms with Crippen molar-refractivity contribution in [1.29, 1.82) is 0 Å². The Morgan fingerprint density at radius 2 is 1.72 bits per heavy atom. The van der Waals surface area contributed by atoms with E-state index in [1.807, 2.05) is 0 Å². The minimum Gasteiger partial charge on any atom is -0.507 e. The third kappa shape index (κ3) is 5.29. The Morgan fingerprint density at radius 3 is 2.35 bits per heavy atom. The molecule has 0 bridgehead atoms. The second-order valence-corrected chi connectivity index (χ2v) is 13.8. The van der Waals surface area contributed by atoms with E-state index >= 15 is 8.78 Å². The van der Waals surface area contributed by atoms with Gasteiger partial charge in [0.1, 0.15) is 23.1 Å². The fourth-order valence-corrected chi connectivity index (χ4v) is 7.00. The van der Waals surface area contributed by atoms with Crippen molar-refractivity contribution in [1.82, 2.24) is 19.4 Å². The van der Waals surface area contributed by atoms with Crippen LogP contribution in [0.1, 0.15) is 38.2 Å². The largest absolute Gasteiger partial charge is 0.507 e. The first kappa shape index (κ1) is 31.3. The molecular formula is C32H30F3N5O5S. The molecule has 0 unspecified atom stereocenters. The number of para-hydroxylation sites is 1. The highest BCUT2D eigenvalue weighted by Gasteiger charge is 2.37. The first-order chi connectivity index (χ1) is 21.7. The molecule has 2 atom stereocenters. The molecule has 2 aromatic heterocycles. The molecule has 1 aliphatic heterocycles. The van der Waals surface area contributed by atoms with Crippen LogP contribution < -0.4 is 10.6 Å². The van der Waals surface area contributed by atoms with Crippen molar-refractivity contribution in [2.75, 3.05) is 24.2 Å². The predicted molar refractivity (Wildman–Crippen MR) is 165 cm³/mol. The summed E-state index contributed by atoms with van der Waals surface area (Å²) in [6, 6.07) is 7.95. The summed E-state index contributed by atoms with van der Waals surface area (Å²) in [5.74, 6) is -4.66. The van der Waals surface area contributed by atoms with Gasteiger partial charge in [0.2, 0.25) is 0 Å². The van der Waals surface area contributed by atoms with Crippen LogP contribution in [-0.2, 0) is 14.6 Å². The van der Waals surface area contributed by atoms with Gasteiger partial charge >= 0.3 is 5.69 Å². The van der Waals surface area contributed by atoms with E-state index in [1.165, 1.54) is 17.0 Å². The lowest BCUT2D eigenvalue weighted by Gasteiger charge is -2.44. The summed E-state index contributed by atoms with van der Waals surface area (Å²) in [6.07, 6.45) is 2.50. The van der Waals surface area contributed by atoms with Crippen LogP contribution in [0.5, 0.6) is 5.75 Å². The van der Waals surface area contributed by atoms with Crippen LogP contribution >= 0.6 is 0 Å². The van der Waals surface area contributed by atoms with Crippen LogP contribution in [0.4, 0.5) is 19.0 Å². The highest BCUT2D eigenvalue weighted by Crippen LogP contribution is 2.45. The summed E-state index contributed by atoms with van der Waals surface area (Å²) in [4.78, 5) is 38.1. The van der Waals surface area contributed by atoms with Crippen LogP contribution in [0.25, 0.3) is 28.0 Å². The van der Waals surface area contributed by atoms with Crippen LogP contribution in [0.2, 0.25) is 0 Å². The molecular weight excluding hydrogens is 623 g/mol. The highest BCUT2D eigenvalue weighted by molar-refractivity contribution is 7.90. The number of amides is 1. The number of piperazine rings is 1. The SMILES string of the molecule is C=C(F)C(=O)N1C[C@H](C)N(c2nc(=O)n(-c3c(C4CC4)cccc3S(C)(=O)=O)c3nc(-c4c(O)cccc4F)c(F)cc23)C[C@H]1C. The van der Waals surface area contributed by atoms with E-state index in [2.05, 4.69) is 16.5 Å². The maximum Gasteiger partial charge on any atom is 0.355 e. The van der Waals surface area contributed by atoms with Crippen molar-refractivity contribution in [2.45, 2.75) is 49.6 Å². The van der Waals surface area contributed by atoms with Crippen molar-refractivity contribution >= 4 is 32.6 Å². The quantitative estimate of drug-likeness (QED) is 0.299. The summed E-state index contributed by atoms with van der Waals surface area (Å²) in [5.41, 5.74) is -1.72. The van der Waals surface area contributed by atoms with E-state index in [1.54, 1.807) is 30.9 Å². The Labute approximate surface area is 262 Å². The number of hydrogen-bond donors (Lipinski definition) is 1. The highest BCUT2D eigenvalue weighted by atomic mass is 32.2. The molecule has 240 valence electrons. The number of anilines is 1. The van der Waals surface area contributed by atoms with Crippen molar-refractivity contribution in [3.8, 4) is 22.7 Å². The number of hydrogen-bond acceptors (Lipinski definition) is 8. The summed E-state index contributed by atoms with van der Waals surface area (Å²) in [7, 11) is -3.92. The standard InChI is InChI=1S/C32H30F3N5O5S/c1-16-15-39(31(42)18(3)33)17(2)14-38(16)29-21-13-23(35)27(26-22(34)8-6-9-24(26)41)36-30(21)40(32(43)37-29)28-20(19-11-12-19)7-5-10-25(28)46(4,44)45/h5-10,13,16-17,19,41H,3,11-12,14-15H2,1-2,4H3/t16-,17+/m0/s1. The molecule has 10 nitrogen and oxygen atoms in total. The Balaban J connectivity index is 1.68. The summed E-state index contributed by atoms with van der Waals surface area (Å²) < 4.78 is 71.9. The number of nitrogens with zero attached hydrogens (tertiary/aromatic N) is 5. The maximum atomic E-state index is 16.0. The van der Waals surface area contributed by atoms with E-state index in [9.17, 15) is 27.5 Å². The molecule has 2 aliphatic rings. The van der Waals surface area contributed by atoms with Gasteiger partial charge in [0, 0.05) is 31.4 Å². The summed E-state index contributed by atoms with van der Waals surface area (Å²) in [5, 5.41) is 10.5. The van der Waals surface area contributed by atoms with Gasteiger partial charge in [0.15, 0.2) is 27.1 Å². The van der Waals surface area contributed by atoms with Gasteiger partial charge in [-0.1, -0.05) is 24.8 Å². The minimum absolute atomic E-state index is 0.00421. The third-order valence-electron chi connectivity index (χ3n) is 8.45. The van der Waals surface area contributed by atoms with Gasteiger partial charge in [-0.3, -0.25) is 4.79 Å². The number of halogens is 3. The van der Waals surface area contributed by atoms with Crippen molar-refractivity contribution < 1.29 is 31.5 Å². The van der Waals surface area contributed by atoms with Gasteiger partial charge in [0.25, 0.3) is 5.91 Å². The Bertz CT molecular complexity index is 2100. The van der Waals surface area contributed by atoms with Gasteiger partial charge < -0.3 is 14.9 Å². The molecule has 2 aromatic carbocycles. The molecule has 46 heavy (non-hydrogen) atoms. The molecule has 2 fully saturated rings. The lowest BCUT2D eigenvalue weighted by Crippen LogP contribution is -2.58. The average molecular weight is 654 g/mol. The molecule has 1 saturated heterocycles. The summed E-state index contributed by atoms with van der Waals surface area (Å²) in [6.45, 7) is 6.57. The molecule has 3 heterocycles. The number of pyridine rings is 1. The van der Waals surface area contributed by atoms with Gasteiger partial charge in [-0.25, -0.2) is 35.9 Å². The molecule has 1 amide bonds. The average Bonchev–Trinajstić information content (AvgIpc) is 3.83. The van der Waals surface area contributed by atoms with Gasteiger partial charge in [-0.2, -0.15) is 4.98 Å². The van der Waals surface area contributed by atoms with E-state index in [4.69, 9.17) is 0 Å². The molecule has 1 saturated carbocycles. The van der Waals surface area contributed by atoms with Crippen LogP contribution in [-0.4, -0.2) is 70.3 Å². The van der Waals surface area contributed by atoms with Crippen molar-refractivity contribution in [3.63, 3.8) is 0 Å². The fraction of sp³-hybridized carbons (Fsp3) is 0.312. The van der Waals surface area contributed by atoms with Crippen LogP contribution in [0.15, 0.2) is 64.6 Å². The van der Waals surface area contributed by atoms with Crippen LogP contribution in [0.3, 0.4) is 0 Å². The van der Waals surface area contributed by atoms with E-state index in [0.29, 0.717) is 5.56 Å². The number of rotatable bonds is 6. The number of carbonyl (C=O) groups is 1. The monoisotopic (exact) mass is 653 g/mol. The van der Waals surface area contributed by atoms with Gasteiger partial charge in [-0.05, 0) is 62.4 Å². The zero-order valence-electron chi connectivity index (χ0n) is 25.2. The fourth-order valence-electron chi connectivity index (χ4n) is 6.11. The molecule has 0 spiro atoms. The number of fused-ring (bicyclic) bond motifs is 1. The third-order valence-corrected chi connectivity index (χ3v) is 9.58. The van der Waals surface area contributed by atoms with E-state index in [-0.39, 0.29) is 46.4 Å². The van der Waals surface area contributed by atoms with E-state index in [0.717, 1.165) is 41.9 Å². The molecule has 0 radical (unpaired) electrons. The maximum absolute atomic E-state index is 16.0. The second kappa shape index (κ2) is 11.3. The van der Waals surface area contributed by atoms with Gasteiger partial charge in [0.05, 0.1) is 21.5 Å². The Morgan fingerprint density at radius 1 is 1.02 bits per heavy atom. The molecule has 4 aromatic rings. The first-order valence-electron chi connectivity index (χ1n) is 14.6. The van der Waals surface area contributed by atoms with Gasteiger partial charge in [-0.15, -0.1) is 0 Å². The molecule has 1 N–H and O–H groups in total. The number of phenols is 1. The minimum atomic E-state index is -3.92. The first-order valence-corrected chi connectivity index (χ1v) is 16.4. The lowest BCUT2D eigenvalue weighted by atomic mass is 10.1. The topological polar surface area (TPSA) is 126 Å². The number of sulfone groups is 1. The second-order valence-electron chi connectivity index (χ2n) is 11.8. The Kier molecular flexibility index (Phi) is 7.66. The lowest BCUT2D eigenvalue weighted by molar-refractivity contribution is -0.131. The normalized spacial score (nSPS) is 18.7. The van der Waals surface area contributed by atoms with Crippen molar-refractivity contribution in [2.24, 2.45) is 0 Å². The molecule has 14 heteroatoms. The summed E-state index contributed by atoms with van der Waals surface area (Å²) >= 11 is 0. The number of benzene rings is 2. The van der Waals surface area contributed by atoms with Crippen molar-refractivity contribution in [3.05, 3.63) is 82.6 Å². The van der Waals surface area contributed by atoms with Crippen LogP contribution in [0, 0.1) is 11.6 Å². The Hall–Kier alpha value is -4.72. The zero-order valence-corrected chi connectivity index (χ0v) is 26.0. The smallest absolute Gasteiger partial charge is 0.355 e. The number of phenolic OH excluding ortho intramolecular Hbond substituents is 1. The number of aromatic nitrogens is 3. The predicted octanol–water partition coefficient (Wildman–Crippen LogP) is 4.62.